The van der Waals surface area contributed by atoms with Crippen LogP contribution in [0.25, 0.3) is 5.78 Å². The van der Waals surface area contributed by atoms with Crippen molar-refractivity contribution in [3.63, 3.8) is 0 Å². The molecule has 1 aliphatic rings. The highest BCUT2D eigenvalue weighted by Gasteiger charge is 2.28. The number of rotatable bonds is 5. The number of hydrogen-bond acceptors (Lipinski definition) is 12. The van der Waals surface area contributed by atoms with Gasteiger partial charge in [0.15, 0.2) is 10.9 Å². The fourth-order valence-electron chi connectivity index (χ4n) is 2.56. The molecule has 0 aromatic carbocycles. The highest BCUT2D eigenvalue weighted by atomic mass is 32.2. The van der Waals surface area contributed by atoms with Crippen LogP contribution in [0, 0.1) is 0 Å². The average molecular weight is 440 g/mol. The number of hydrazine groups is 2. The molecule has 0 fully saturated rings. The highest BCUT2D eigenvalue weighted by molar-refractivity contribution is 7.90. The van der Waals surface area contributed by atoms with Gasteiger partial charge in [-0.3, -0.25) is 10.1 Å². The number of aryl methyl sites for hydroxylation is 1. The Bertz CT molecular complexity index is 1290. The second-order valence-electron chi connectivity index (χ2n) is 5.71. The van der Waals surface area contributed by atoms with Crippen molar-refractivity contribution in [1.29, 1.82) is 0 Å². The van der Waals surface area contributed by atoms with Crippen LogP contribution < -0.4 is 25.2 Å². The van der Waals surface area contributed by atoms with E-state index in [0.717, 1.165) is 11.5 Å². The summed E-state index contributed by atoms with van der Waals surface area (Å²) in [7, 11) is 1.93. The monoisotopic (exact) mass is 440 g/mol. The average Bonchev–Trinajstić information content (AvgIpc) is 3.38. The van der Waals surface area contributed by atoms with Crippen molar-refractivity contribution in [3.05, 3.63) is 22.6 Å². The van der Waals surface area contributed by atoms with Crippen molar-refractivity contribution in [2.45, 2.75) is 5.03 Å². The van der Waals surface area contributed by atoms with Gasteiger partial charge in [0.2, 0.25) is 16.6 Å². The maximum atomic E-state index is 13.0. The Labute approximate surface area is 168 Å². The zero-order chi connectivity index (χ0) is 20.8. The predicted octanol–water partition coefficient (Wildman–Crippen LogP) is -1.55. The van der Waals surface area contributed by atoms with Gasteiger partial charge in [0.05, 0.1) is 32.0 Å². The van der Waals surface area contributed by atoms with E-state index in [0.29, 0.717) is 11.7 Å². The first-order chi connectivity index (χ1) is 13.8. The van der Waals surface area contributed by atoms with E-state index in [1.54, 1.807) is 13.1 Å². The molecule has 2 N–H and O–H groups in total. The van der Waals surface area contributed by atoms with E-state index in [1.165, 1.54) is 41.1 Å². The number of ether oxygens (including phenoxy) is 2. The first-order valence-corrected chi connectivity index (χ1v) is 10.2. The standard InChI is InChI=1S/C13H16N10O4S2/c1-21-11(7(6-14-21)10-17-20-22(2)18-10)29(24,25)19-13-16-12-15-8(26-3)5-9(27-4)23(12)28-13/h5-6,20H,1-4H3,(H,17,18). The van der Waals surface area contributed by atoms with Gasteiger partial charge in [0, 0.05) is 14.1 Å². The Morgan fingerprint density at radius 3 is 2.66 bits per heavy atom. The minimum Gasteiger partial charge on any atom is -0.481 e. The molecule has 3 aromatic heterocycles. The summed E-state index contributed by atoms with van der Waals surface area (Å²) in [5.74, 6) is 1.14. The number of sulfonamides is 1. The van der Waals surface area contributed by atoms with E-state index in [-0.39, 0.29) is 27.0 Å². The van der Waals surface area contributed by atoms with Gasteiger partial charge in [-0.15, -0.1) is 14.6 Å². The molecule has 0 radical (unpaired) electrons. The molecule has 0 spiro atoms. The largest absolute Gasteiger partial charge is 0.481 e. The Morgan fingerprint density at radius 1 is 1.21 bits per heavy atom. The van der Waals surface area contributed by atoms with E-state index < -0.39 is 10.0 Å². The lowest BCUT2D eigenvalue weighted by atomic mass is 10.3. The number of nitrogens with one attached hydrogen (secondary N) is 2. The molecular formula is C13H16N10O4S2. The maximum Gasteiger partial charge on any atom is 0.303 e. The summed E-state index contributed by atoms with van der Waals surface area (Å²) in [4.78, 5) is 8.29. The van der Waals surface area contributed by atoms with Crippen molar-refractivity contribution in [2.75, 3.05) is 21.3 Å². The molecule has 1 aliphatic heterocycles. The topological polar surface area (TPSA) is 153 Å². The molecule has 14 nitrogen and oxygen atoms in total. The van der Waals surface area contributed by atoms with E-state index in [2.05, 4.69) is 35.5 Å². The molecule has 29 heavy (non-hydrogen) atoms. The second-order valence-corrected chi connectivity index (χ2v) is 8.14. The van der Waals surface area contributed by atoms with Gasteiger partial charge in [-0.2, -0.15) is 27.3 Å². The van der Waals surface area contributed by atoms with Gasteiger partial charge in [0.25, 0.3) is 5.78 Å². The number of hydrazone groups is 1. The molecule has 0 unspecified atom stereocenters. The Kier molecular flexibility index (Phi) is 4.59. The van der Waals surface area contributed by atoms with Crippen LogP contribution in [0.5, 0.6) is 11.8 Å². The summed E-state index contributed by atoms with van der Waals surface area (Å²) in [6.45, 7) is 0. The van der Waals surface area contributed by atoms with Gasteiger partial charge in [-0.1, -0.05) is 0 Å². The quantitative estimate of drug-likeness (QED) is 0.477. The number of fused-ring (bicyclic) bond motifs is 1. The van der Waals surface area contributed by atoms with Crippen molar-refractivity contribution in [1.82, 2.24) is 39.6 Å². The summed E-state index contributed by atoms with van der Waals surface area (Å²) in [6, 6.07) is 1.55. The smallest absolute Gasteiger partial charge is 0.303 e. The summed E-state index contributed by atoms with van der Waals surface area (Å²) >= 11 is 0.957. The first-order valence-electron chi connectivity index (χ1n) is 7.98. The number of amidine groups is 1. The van der Waals surface area contributed by atoms with E-state index >= 15 is 0 Å². The van der Waals surface area contributed by atoms with Crippen molar-refractivity contribution in [3.8, 4) is 11.8 Å². The molecule has 4 rings (SSSR count). The molecule has 3 aromatic rings. The van der Waals surface area contributed by atoms with Gasteiger partial charge in [0.1, 0.15) is 0 Å². The van der Waals surface area contributed by atoms with Gasteiger partial charge in [-0.05, 0) is 11.5 Å². The lowest BCUT2D eigenvalue weighted by Crippen LogP contribution is -2.38. The van der Waals surface area contributed by atoms with Crippen molar-refractivity contribution >= 4 is 33.2 Å². The molecular weight excluding hydrogens is 424 g/mol. The van der Waals surface area contributed by atoms with Crippen molar-refractivity contribution < 1.29 is 17.9 Å². The lowest BCUT2D eigenvalue weighted by molar-refractivity contribution is 0.231. The fourth-order valence-corrected chi connectivity index (χ4v) is 4.80. The summed E-state index contributed by atoms with van der Waals surface area (Å²) in [6.07, 6.45) is 1.39. The van der Waals surface area contributed by atoms with Crippen LogP contribution in [-0.2, 0) is 17.1 Å². The number of hydrogen-bond donors (Lipinski definition) is 2. The zero-order valence-electron chi connectivity index (χ0n) is 15.7. The van der Waals surface area contributed by atoms with E-state index in [1.807, 2.05) is 0 Å². The molecule has 0 bridgehead atoms. The minimum atomic E-state index is -4.18. The number of aromatic nitrogens is 5. The molecule has 4 heterocycles. The highest BCUT2D eigenvalue weighted by Crippen LogP contribution is 2.21. The lowest BCUT2D eigenvalue weighted by Gasteiger charge is -2.08. The first kappa shape index (κ1) is 19.1. The Morgan fingerprint density at radius 2 is 2.00 bits per heavy atom. The normalized spacial score (nSPS) is 15.3. The maximum absolute atomic E-state index is 13.0. The van der Waals surface area contributed by atoms with Gasteiger partial charge < -0.3 is 9.47 Å². The predicted molar refractivity (Wildman–Crippen MR) is 100 cm³/mol. The Hall–Kier alpha value is -3.24. The number of nitrogens with zero attached hydrogens (tertiary/aromatic N) is 8. The van der Waals surface area contributed by atoms with Crippen LogP contribution in [0.4, 0.5) is 0 Å². The van der Waals surface area contributed by atoms with Gasteiger partial charge in [-0.25, -0.2) is 5.53 Å². The molecule has 0 atom stereocenters. The summed E-state index contributed by atoms with van der Waals surface area (Å²) < 4.78 is 43.0. The molecule has 16 heteroatoms. The fraction of sp³-hybridized carbons (Fsp3) is 0.308. The van der Waals surface area contributed by atoms with Crippen LogP contribution in [-0.4, -0.2) is 64.2 Å². The number of methoxy groups -OCH3 is 2. The summed E-state index contributed by atoms with van der Waals surface area (Å²) in [5, 5.41) is 9.38. The molecule has 0 aliphatic carbocycles. The van der Waals surface area contributed by atoms with Crippen LogP contribution in [0.2, 0.25) is 0 Å². The second kappa shape index (κ2) is 6.98. The minimum absolute atomic E-state index is 0.0345. The van der Waals surface area contributed by atoms with Crippen LogP contribution in [0.3, 0.4) is 0 Å². The van der Waals surface area contributed by atoms with Crippen LogP contribution >= 0.6 is 11.5 Å². The van der Waals surface area contributed by atoms with Crippen molar-refractivity contribution in [2.24, 2.45) is 16.5 Å². The van der Waals surface area contributed by atoms with Gasteiger partial charge >= 0.3 is 10.0 Å². The molecule has 0 amide bonds. The van der Waals surface area contributed by atoms with E-state index in [9.17, 15) is 8.42 Å². The van der Waals surface area contributed by atoms with Crippen LogP contribution in [0.15, 0.2) is 26.8 Å². The molecule has 0 saturated heterocycles. The third-order valence-corrected chi connectivity index (χ3v) is 6.17. The summed E-state index contributed by atoms with van der Waals surface area (Å²) in [5.41, 5.74) is 5.77. The SMILES string of the molecule is COc1cc(OC)n2sc(=NS(=O)(=O)c3c(C4=NNN(C)N4)cnn3C)nc2n1. The van der Waals surface area contributed by atoms with E-state index in [4.69, 9.17) is 9.47 Å². The third kappa shape index (κ3) is 3.36. The molecule has 0 saturated carbocycles. The Balaban J connectivity index is 1.84. The third-order valence-electron chi connectivity index (χ3n) is 3.79. The molecule has 154 valence electrons. The zero-order valence-corrected chi connectivity index (χ0v) is 17.3. The van der Waals surface area contributed by atoms with Crippen LogP contribution in [0.1, 0.15) is 5.56 Å².